The quantitative estimate of drug-likeness (QED) is 0.891. The van der Waals surface area contributed by atoms with Crippen LogP contribution < -0.4 is 10.6 Å². The highest BCUT2D eigenvalue weighted by Crippen LogP contribution is 2.18. The molecule has 1 aromatic carbocycles. The Morgan fingerprint density at radius 3 is 2.86 bits per heavy atom. The Balaban J connectivity index is 1.66. The van der Waals surface area contributed by atoms with E-state index >= 15 is 0 Å². The molecule has 2 heterocycles. The zero-order chi connectivity index (χ0) is 14.7. The number of amides is 2. The third-order valence-corrected chi connectivity index (χ3v) is 3.40. The van der Waals surface area contributed by atoms with Crippen LogP contribution >= 0.6 is 0 Å². The summed E-state index contributed by atoms with van der Waals surface area (Å²) >= 11 is 0. The average molecular weight is 285 g/mol. The zero-order valence-electron chi connectivity index (χ0n) is 11.3. The SMILES string of the molecule is O=C1CCC(NC(=O)c2cc(-c3ccccc3)no2)CN1. The van der Waals surface area contributed by atoms with Crippen LogP contribution in [0, 0.1) is 0 Å². The molecule has 2 N–H and O–H groups in total. The van der Waals surface area contributed by atoms with Crippen molar-refractivity contribution in [3.63, 3.8) is 0 Å². The van der Waals surface area contributed by atoms with E-state index in [2.05, 4.69) is 15.8 Å². The number of carbonyl (C=O) groups excluding carboxylic acids is 2. The number of nitrogens with zero attached hydrogens (tertiary/aromatic N) is 1. The summed E-state index contributed by atoms with van der Waals surface area (Å²) in [5, 5.41) is 9.46. The van der Waals surface area contributed by atoms with Crippen LogP contribution in [0.5, 0.6) is 0 Å². The number of hydrogen-bond acceptors (Lipinski definition) is 4. The maximum absolute atomic E-state index is 12.1. The molecule has 2 amide bonds. The predicted molar refractivity (Wildman–Crippen MR) is 75.4 cm³/mol. The number of aromatic nitrogens is 1. The predicted octanol–water partition coefficient (Wildman–Crippen LogP) is 1.35. The fourth-order valence-corrected chi connectivity index (χ4v) is 2.24. The van der Waals surface area contributed by atoms with Crippen molar-refractivity contribution in [2.75, 3.05) is 6.54 Å². The first-order chi connectivity index (χ1) is 10.2. The molecule has 1 saturated heterocycles. The molecule has 0 bridgehead atoms. The van der Waals surface area contributed by atoms with Crippen LogP contribution in [0.15, 0.2) is 40.9 Å². The van der Waals surface area contributed by atoms with E-state index in [4.69, 9.17) is 4.52 Å². The Kier molecular flexibility index (Phi) is 3.68. The molecule has 1 aromatic heterocycles. The van der Waals surface area contributed by atoms with Crippen molar-refractivity contribution in [3.05, 3.63) is 42.2 Å². The highest BCUT2D eigenvalue weighted by atomic mass is 16.5. The van der Waals surface area contributed by atoms with E-state index in [-0.39, 0.29) is 23.6 Å². The van der Waals surface area contributed by atoms with Crippen LogP contribution in [-0.2, 0) is 4.79 Å². The molecule has 1 fully saturated rings. The first-order valence-corrected chi connectivity index (χ1v) is 6.82. The summed E-state index contributed by atoms with van der Waals surface area (Å²) in [6.45, 7) is 0.449. The number of benzene rings is 1. The van der Waals surface area contributed by atoms with Gasteiger partial charge in [0.05, 0.1) is 0 Å². The molecular formula is C15H15N3O3. The van der Waals surface area contributed by atoms with Gasteiger partial charge in [-0.3, -0.25) is 9.59 Å². The highest BCUT2D eigenvalue weighted by Gasteiger charge is 2.22. The minimum absolute atomic E-state index is 0.0199. The number of rotatable bonds is 3. The lowest BCUT2D eigenvalue weighted by Gasteiger charge is -2.22. The van der Waals surface area contributed by atoms with Gasteiger partial charge in [0.1, 0.15) is 5.69 Å². The number of nitrogens with one attached hydrogen (secondary N) is 2. The van der Waals surface area contributed by atoms with Crippen LogP contribution in [-0.4, -0.2) is 29.6 Å². The largest absolute Gasteiger partial charge is 0.354 e. The topological polar surface area (TPSA) is 84.2 Å². The molecule has 108 valence electrons. The maximum atomic E-state index is 12.1. The fraction of sp³-hybridized carbons (Fsp3) is 0.267. The van der Waals surface area contributed by atoms with Gasteiger partial charge < -0.3 is 15.2 Å². The van der Waals surface area contributed by atoms with E-state index in [1.165, 1.54) is 0 Å². The summed E-state index contributed by atoms with van der Waals surface area (Å²) in [5.74, 6) is -0.122. The maximum Gasteiger partial charge on any atom is 0.290 e. The highest BCUT2D eigenvalue weighted by molar-refractivity contribution is 5.92. The Labute approximate surface area is 121 Å². The van der Waals surface area contributed by atoms with Gasteiger partial charge in [-0.15, -0.1) is 0 Å². The molecule has 1 atom stereocenters. The van der Waals surface area contributed by atoms with E-state index in [1.807, 2.05) is 30.3 Å². The van der Waals surface area contributed by atoms with Gasteiger partial charge in [0.15, 0.2) is 0 Å². The van der Waals surface area contributed by atoms with Crippen LogP contribution in [0.4, 0.5) is 0 Å². The van der Waals surface area contributed by atoms with Crippen molar-refractivity contribution < 1.29 is 14.1 Å². The molecule has 1 unspecified atom stereocenters. The first kappa shape index (κ1) is 13.4. The van der Waals surface area contributed by atoms with E-state index in [9.17, 15) is 9.59 Å². The molecular weight excluding hydrogens is 270 g/mol. The van der Waals surface area contributed by atoms with Gasteiger partial charge in [0.25, 0.3) is 5.91 Å². The van der Waals surface area contributed by atoms with E-state index in [0.29, 0.717) is 25.1 Å². The monoisotopic (exact) mass is 285 g/mol. The summed E-state index contributed by atoms with van der Waals surface area (Å²) in [6, 6.07) is 11.1. The summed E-state index contributed by atoms with van der Waals surface area (Å²) in [6.07, 6.45) is 1.06. The Bertz CT molecular complexity index is 641. The Morgan fingerprint density at radius 2 is 2.14 bits per heavy atom. The van der Waals surface area contributed by atoms with E-state index < -0.39 is 0 Å². The molecule has 1 aliphatic heterocycles. The summed E-state index contributed by atoms with van der Waals surface area (Å²) in [7, 11) is 0. The summed E-state index contributed by atoms with van der Waals surface area (Å²) < 4.78 is 5.09. The molecule has 1 aliphatic rings. The molecule has 0 saturated carbocycles. The van der Waals surface area contributed by atoms with Crippen LogP contribution in [0.1, 0.15) is 23.4 Å². The normalized spacial score (nSPS) is 18.1. The zero-order valence-corrected chi connectivity index (χ0v) is 11.3. The van der Waals surface area contributed by atoms with Gasteiger partial charge in [-0.1, -0.05) is 35.5 Å². The van der Waals surface area contributed by atoms with Crippen molar-refractivity contribution in [2.45, 2.75) is 18.9 Å². The van der Waals surface area contributed by atoms with Crippen LogP contribution in [0.3, 0.4) is 0 Å². The average Bonchev–Trinajstić information content (AvgIpc) is 3.00. The second-order valence-electron chi connectivity index (χ2n) is 4.96. The number of carbonyl (C=O) groups is 2. The lowest BCUT2D eigenvalue weighted by atomic mass is 10.1. The minimum Gasteiger partial charge on any atom is -0.354 e. The standard InChI is InChI=1S/C15H15N3O3/c19-14-7-6-11(9-16-14)17-15(20)13-8-12(18-21-13)10-4-2-1-3-5-10/h1-5,8,11H,6-7,9H2,(H,16,19)(H,17,20). The van der Waals surface area contributed by atoms with Gasteiger partial charge in [-0.2, -0.15) is 0 Å². The fourth-order valence-electron chi connectivity index (χ4n) is 2.24. The van der Waals surface area contributed by atoms with Crippen molar-refractivity contribution in [2.24, 2.45) is 0 Å². The number of hydrogen-bond donors (Lipinski definition) is 2. The van der Waals surface area contributed by atoms with Gasteiger partial charge in [0, 0.05) is 30.6 Å². The van der Waals surface area contributed by atoms with Crippen molar-refractivity contribution >= 4 is 11.8 Å². The van der Waals surface area contributed by atoms with Gasteiger partial charge in [0.2, 0.25) is 11.7 Å². The molecule has 6 heteroatoms. The molecule has 6 nitrogen and oxygen atoms in total. The van der Waals surface area contributed by atoms with Crippen molar-refractivity contribution in [1.29, 1.82) is 0 Å². The van der Waals surface area contributed by atoms with Crippen molar-refractivity contribution in [1.82, 2.24) is 15.8 Å². The lowest BCUT2D eigenvalue weighted by Crippen LogP contribution is -2.47. The Morgan fingerprint density at radius 1 is 1.33 bits per heavy atom. The molecule has 21 heavy (non-hydrogen) atoms. The third-order valence-electron chi connectivity index (χ3n) is 3.40. The van der Waals surface area contributed by atoms with E-state index in [1.54, 1.807) is 6.07 Å². The van der Waals surface area contributed by atoms with Gasteiger partial charge >= 0.3 is 0 Å². The first-order valence-electron chi connectivity index (χ1n) is 6.82. The molecule has 0 aliphatic carbocycles. The van der Waals surface area contributed by atoms with E-state index in [0.717, 1.165) is 5.56 Å². The Hall–Kier alpha value is -2.63. The molecule has 3 rings (SSSR count). The molecule has 0 spiro atoms. The van der Waals surface area contributed by atoms with Crippen LogP contribution in [0.2, 0.25) is 0 Å². The second kappa shape index (κ2) is 5.78. The number of piperidine rings is 1. The summed E-state index contributed by atoms with van der Waals surface area (Å²) in [5.41, 5.74) is 1.52. The smallest absolute Gasteiger partial charge is 0.290 e. The molecule has 0 radical (unpaired) electrons. The van der Waals surface area contributed by atoms with Gasteiger partial charge in [-0.25, -0.2) is 0 Å². The van der Waals surface area contributed by atoms with Gasteiger partial charge in [-0.05, 0) is 6.42 Å². The third kappa shape index (κ3) is 3.10. The summed E-state index contributed by atoms with van der Waals surface area (Å²) in [4.78, 5) is 23.2. The molecule has 2 aromatic rings. The van der Waals surface area contributed by atoms with Crippen LogP contribution in [0.25, 0.3) is 11.3 Å². The minimum atomic E-state index is -0.314. The van der Waals surface area contributed by atoms with Crippen molar-refractivity contribution in [3.8, 4) is 11.3 Å². The lowest BCUT2D eigenvalue weighted by molar-refractivity contribution is -0.122. The second-order valence-corrected chi connectivity index (χ2v) is 4.96.